The molecule has 1 saturated heterocycles. The molecule has 1 aromatic carbocycles. The molecule has 1 aliphatic rings. The highest BCUT2D eigenvalue weighted by Crippen LogP contribution is 2.23. The molecule has 3 heterocycles. The number of aromatic nitrogens is 4. The molecule has 1 fully saturated rings. The zero-order valence-electron chi connectivity index (χ0n) is 17.4. The van der Waals surface area contributed by atoms with Gasteiger partial charge in [0.15, 0.2) is 0 Å². The Bertz CT molecular complexity index is 1110. The fraction of sp³-hybridized carbons (Fsp3) is 0.429. The molecule has 0 unspecified atom stereocenters. The van der Waals surface area contributed by atoms with E-state index in [2.05, 4.69) is 14.9 Å². The van der Waals surface area contributed by atoms with E-state index in [0.717, 1.165) is 35.5 Å². The number of ether oxygens (including phenoxy) is 1. The second-order valence-corrected chi connectivity index (χ2v) is 9.49. The molecule has 0 aliphatic carbocycles. The standard InChI is InChI=1S/C21H27N5O3S/c1-15-12-16(2)26(23-15)20-6-4-18(5-7-20)17(3)24-30(27,28)21-13-22-25(14-21)19-8-10-29-11-9-19/h4-7,12-14,17,19,24H,8-11H2,1-3H3/t17-/m0/s1. The highest BCUT2D eigenvalue weighted by Gasteiger charge is 2.23. The Balaban J connectivity index is 1.47. The van der Waals surface area contributed by atoms with E-state index >= 15 is 0 Å². The van der Waals surface area contributed by atoms with E-state index in [0.29, 0.717) is 13.2 Å². The fourth-order valence-electron chi connectivity index (χ4n) is 3.77. The van der Waals surface area contributed by atoms with Gasteiger partial charge >= 0.3 is 0 Å². The lowest BCUT2D eigenvalue weighted by Crippen LogP contribution is -2.26. The van der Waals surface area contributed by atoms with E-state index in [4.69, 9.17) is 4.74 Å². The van der Waals surface area contributed by atoms with Crippen molar-refractivity contribution in [3.05, 3.63) is 59.7 Å². The van der Waals surface area contributed by atoms with Crippen LogP contribution in [-0.4, -0.2) is 41.2 Å². The molecule has 0 bridgehead atoms. The molecular weight excluding hydrogens is 402 g/mol. The minimum atomic E-state index is -3.67. The van der Waals surface area contributed by atoms with Gasteiger partial charge in [0, 0.05) is 31.1 Å². The van der Waals surface area contributed by atoms with Gasteiger partial charge in [-0.05, 0) is 57.4 Å². The van der Waals surface area contributed by atoms with E-state index in [-0.39, 0.29) is 17.0 Å². The Hall–Kier alpha value is -2.49. The van der Waals surface area contributed by atoms with Crippen LogP contribution >= 0.6 is 0 Å². The molecule has 1 aliphatic heterocycles. The summed E-state index contributed by atoms with van der Waals surface area (Å²) in [5.74, 6) is 0. The second kappa shape index (κ2) is 8.33. The summed E-state index contributed by atoms with van der Waals surface area (Å²) in [6.45, 7) is 7.15. The van der Waals surface area contributed by atoms with E-state index in [1.54, 1.807) is 10.9 Å². The molecule has 0 radical (unpaired) electrons. The molecule has 0 spiro atoms. The molecule has 0 saturated carbocycles. The number of rotatable bonds is 6. The Morgan fingerprint density at radius 3 is 2.50 bits per heavy atom. The van der Waals surface area contributed by atoms with Crippen molar-refractivity contribution in [3.63, 3.8) is 0 Å². The highest BCUT2D eigenvalue weighted by molar-refractivity contribution is 7.89. The second-order valence-electron chi connectivity index (χ2n) is 7.77. The third-order valence-electron chi connectivity index (χ3n) is 5.43. The Labute approximate surface area is 176 Å². The summed E-state index contributed by atoms with van der Waals surface area (Å²) in [4.78, 5) is 0.181. The number of hydrogen-bond acceptors (Lipinski definition) is 5. The van der Waals surface area contributed by atoms with Crippen molar-refractivity contribution in [3.8, 4) is 5.69 Å². The largest absolute Gasteiger partial charge is 0.381 e. The Morgan fingerprint density at radius 2 is 1.87 bits per heavy atom. The number of sulfonamides is 1. The lowest BCUT2D eigenvalue weighted by molar-refractivity contribution is 0.0662. The number of aryl methyl sites for hydroxylation is 2. The zero-order valence-corrected chi connectivity index (χ0v) is 18.3. The first-order chi connectivity index (χ1) is 14.3. The van der Waals surface area contributed by atoms with Crippen LogP contribution in [0.4, 0.5) is 0 Å². The van der Waals surface area contributed by atoms with Crippen LogP contribution in [-0.2, 0) is 14.8 Å². The minimum Gasteiger partial charge on any atom is -0.381 e. The van der Waals surface area contributed by atoms with Crippen molar-refractivity contribution in [1.82, 2.24) is 24.3 Å². The zero-order chi connectivity index (χ0) is 21.3. The smallest absolute Gasteiger partial charge is 0.244 e. The summed E-state index contributed by atoms with van der Waals surface area (Å²) in [6, 6.07) is 9.56. The molecular formula is C21H27N5O3S. The summed E-state index contributed by atoms with van der Waals surface area (Å²) < 4.78 is 37.4. The van der Waals surface area contributed by atoms with Gasteiger partial charge in [-0.3, -0.25) is 4.68 Å². The van der Waals surface area contributed by atoms with Gasteiger partial charge in [0.25, 0.3) is 0 Å². The summed E-state index contributed by atoms with van der Waals surface area (Å²) in [7, 11) is -3.67. The quantitative estimate of drug-likeness (QED) is 0.650. The molecule has 0 amide bonds. The number of hydrogen-bond donors (Lipinski definition) is 1. The average Bonchev–Trinajstić information content (AvgIpc) is 3.35. The monoisotopic (exact) mass is 429 g/mol. The number of nitrogens with zero attached hydrogens (tertiary/aromatic N) is 4. The van der Waals surface area contributed by atoms with Gasteiger partial charge in [0.1, 0.15) is 4.90 Å². The predicted molar refractivity (Wildman–Crippen MR) is 113 cm³/mol. The van der Waals surface area contributed by atoms with Gasteiger partial charge in [-0.1, -0.05) is 12.1 Å². The van der Waals surface area contributed by atoms with Crippen molar-refractivity contribution in [2.24, 2.45) is 0 Å². The summed E-state index contributed by atoms with van der Waals surface area (Å²) >= 11 is 0. The maximum Gasteiger partial charge on any atom is 0.244 e. The summed E-state index contributed by atoms with van der Waals surface area (Å²) in [6.07, 6.45) is 4.70. The normalized spacial score (nSPS) is 16.6. The molecule has 2 aromatic heterocycles. The molecule has 8 nitrogen and oxygen atoms in total. The lowest BCUT2D eigenvalue weighted by Gasteiger charge is -2.22. The van der Waals surface area contributed by atoms with E-state index in [1.165, 1.54) is 6.20 Å². The molecule has 9 heteroatoms. The number of benzene rings is 1. The van der Waals surface area contributed by atoms with Gasteiger partial charge < -0.3 is 4.74 Å². The number of nitrogens with one attached hydrogen (secondary N) is 1. The first-order valence-electron chi connectivity index (χ1n) is 10.1. The molecule has 3 aromatic rings. The van der Waals surface area contributed by atoms with Crippen LogP contribution in [0.15, 0.2) is 47.6 Å². The van der Waals surface area contributed by atoms with Crippen LogP contribution in [0, 0.1) is 13.8 Å². The van der Waals surface area contributed by atoms with Crippen LogP contribution < -0.4 is 4.72 Å². The van der Waals surface area contributed by atoms with Crippen LogP contribution in [0.2, 0.25) is 0 Å². The van der Waals surface area contributed by atoms with Crippen LogP contribution in [0.3, 0.4) is 0 Å². The van der Waals surface area contributed by atoms with Crippen molar-refractivity contribution < 1.29 is 13.2 Å². The highest BCUT2D eigenvalue weighted by atomic mass is 32.2. The van der Waals surface area contributed by atoms with Crippen molar-refractivity contribution >= 4 is 10.0 Å². The van der Waals surface area contributed by atoms with Crippen LogP contribution in [0.5, 0.6) is 0 Å². The van der Waals surface area contributed by atoms with Gasteiger partial charge in [-0.15, -0.1) is 0 Å². The first-order valence-corrected chi connectivity index (χ1v) is 11.6. The molecule has 1 atom stereocenters. The van der Waals surface area contributed by atoms with Crippen molar-refractivity contribution in [2.45, 2.75) is 50.6 Å². The SMILES string of the molecule is Cc1cc(C)n(-c2ccc([C@H](C)NS(=O)(=O)c3cnn(C4CCOCC4)c3)cc2)n1. The molecule has 1 N–H and O–H groups in total. The molecule has 160 valence electrons. The predicted octanol–water partition coefficient (Wildman–Crippen LogP) is 3.08. The topological polar surface area (TPSA) is 91.0 Å². The van der Waals surface area contributed by atoms with E-state index < -0.39 is 10.0 Å². The van der Waals surface area contributed by atoms with E-state index in [1.807, 2.05) is 55.8 Å². The lowest BCUT2D eigenvalue weighted by atomic mass is 10.1. The Kier molecular flexibility index (Phi) is 5.77. The first kappa shape index (κ1) is 20.8. The van der Waals surface area contributed by atoms with Crippen LogP contribution in [0.1, 0.15) is 48.8 Å². The maximum atomic E-state index is 12.8. The third-order valence-corrected chi connectivity index (χ3v) is 6.93. The van der Waals surface area contributed by atoms with Crippen molar-refractivity contribution in [2.75, 3.05) is 13.2 Å². The summed E-state index contributed by atoms with van der Waals surface area (Å²) in [5, 5.41) is 8.76. The van der Waals surface area contributed by atoms with Crippen molar-refractivity contribution in [1.29, 1.82) is 0 Å². The minimum absolute atomic E-state index is 0.181. The molecule has 30 heavy (non-hydrogen) atoms. The van der Waals surface area contributed by atoms with Crippen LogP contribution in [0.25, 0.3) is 5.69 Å². The van der Waals surface area contributed by atoms with Gasteiger partial charge in [0.05, 0.1) is 23.6 Å². The van der Waals surface area contributed by atoms with Gasteiger partial charge in [-0.2, -0.15) is 10.2 Å². The van der Waals surface area contributed by atoms with Gasteiger partial charge in [0.2, 0.25) is 10.0 Å². The molecule has 4 rings (SSSR count). The van der Waals surface area contributed by atoms with E-state index in [9.17, 15) is 8.42 Å². The third kappa shape index (κ3) is 4.33. The van der Waals surface area contributed by atoms with Gasteiger partial charge in [-0.25, -0.2) is 17.8 Å². The maximum absolute atomic E-state index is 12.8. The summed E-state index contributed by atoms with van der Waals surface area (Å²) in [5.41, 5.74) is 3.83. The fourth-order valence-corrected chi connectivity index (χ4v) is 4.94. The average molecular weight is 430 g/mol. The Morgan fingerprint density at radius 1 is 1.17 bits per heavy atom.